The van der Waals surface area contributed by atoms with Gasteiger partial charge in [-0.3, -0.25) is 0 Å². The third-order valence-electron chi connectivity index (χ3n) is 8.55. The molecule has 0 rings (SSSR count). The van der Waals surface area contributed by atoms with Crippen LogP contribution in [-0.2, 0) is 3.79 Å². The molecule has 0 aliphatic rings. The molecule has 0 N–H and O–H groups in total. The van der Waals surface area contributed by atoms with E-state index in [9.17, 15) is 0 Å². The van der Waals surface area contributed by atoms with E-state index in [1.54, 1.807) is 0 Å². The lowest BCUT2D eigenvalue weighted by Crippen LogP contribution is -2.34. The van der Waals surface area contributed by atoms with Gasteiger partial charge in [-0.1, -0.05) is 187 Å². The molecule has 0 atom stereocenters. The van der Waals surface area contributed by atoms with Crippen LogP contribution in [0.5, 0.6) is 0 Å². The average molecular weight is 563 g/mol. The highest BCUT2D eigenvalue weighted by molar-refractivity contribution is 6.35. The van der Waals surface area contributed by atoms with Crippen molar-refractivity contribution in [3.63, 3.8) is 0 Å². The molecule has 0 aliphatic carbocycles. The molecule has 3 heteroatoms. The number of unbranched alkanes of at least 4 members (excludes halogenated alkanes) is 20. The van der Waals surface area contributed by atoms with Crippen molar-refractivity contribution in [1.29, 1.82) is 0 Å². The van der Waals surface area contributed by atoms with E-state index in [0.29, 0.717) is 15.2 Å². The van der Waals surface area contributed by atoms with Gasteiger partial charge in [0, 0.05) is 5.60 Å². The van der Waals surface area contributed by atoms with Crippen molar-refractivity contribution in [2.45, 2.75) is 223 Å². The van der Waals surface area contributed by atoms with Crippen LogP contribution in [-0.4, -0.2) is 36.4 Å². The molecule has 0 amide bonds. The molecule has 0 spiro atoms. The normalized spacial score (nSPS) is 11.8. The second-order valence-corrected chi connectivity index (χ2v) is 15.3. The SMILES string of the molecule is CCCCCCC[CH2][Al][CH2]CC(CCCCCCCC)(CCCCCCCC)[O][Al][CH2]CCCCCCC. The van der Waals surface area contributed by atoms with Crippen molar-refractivity contribution in [3.8, 4) is 0 Å². The van der Waals surface area contributed by atoms with Crippen molar-refractivity contribution in [3.05, 3.63) is 0 Å². The maximum atomic E-state index is 7.08. The quantitative estimate of drug-likeness (QED) is 0.0571. The molecule has 0 aromatic carbocycles. The Morgan fingerprint density at radius 1 is 0.368 bits per heavy atom. The third kappa shape index (κ3) is 27.2. The Kier molecular flexibility index (Phi) is 33.4. The zero-order valence-electron chi connectivity index (χ0n) is 27.3. The molecule has 0 aromatic rings. The van der Waals surface area contributed by atoms with Gasteiger partial charge in [-0.2, -0.15) is 0 Å². The van der Waals surface area contributed by atoms with Crippen LogP contribution >= 0.6 is 0 Å². The van der Waals surface area contributed by atoms with Gasteiger partial charge in [0.05, 0.1) is 0 Å². The van der Waals surface area contributed by atoms with Crippen molar-refractivity contribution in [2.75, 3.05) is 0 Å². The molecule has 0 unspecified atom stereocenters. The predicted molar refractivity (Wildman–Crippen MR) is 177 cm³/mol. The molecule has 0 aliphatic heterocycles. The maximum Gasteiger partial charge on any atom is 0.423 e. The Labute approximate surface area is 256 Å². The van der Waals surface area contributed by atoms with Gasteiger partial charge >= 0.3 is 15.6 Å². The Bertz CT molecular complexity index is 412. The van der Waals surface area contributed by atoms with Crippen LogP contribution in [0.25, 0.3) is 0 Å². The molecule has 0 saturated carbocycles. The van der Waals surface area contributed by atoms with Crippen molar-refractivity contribution in [2.24, 2.45) is 0 Å². The predicted octanol–water partition coefficient (Wildman–Crippen LogP) is 12.9. The van der Waals surface area contributed by atoms with Gasteiger partial charge in [-0.25, -0.2) is 0 Å². The Morgan fingerprint density at radius 3 is 1.18 bits per heavy atom. The molecule has 2 radical (unpaired) electrons. The summed E-state index contributed by atoms with van der Waals surface area (Å²) in [6.45, 7) is 9.31. The lowest BCUT2D eigenvalue weighted by Gasteiger charge is -2.37. The summed E-state index contributed by atoms with van der Waals surface area (Å²) < 4.78 is 7.08. The summed E-state index contributed by atoms with van der Waals surface area (Å²) in [5.74, 6) is 0. The highest BCUT2D eigenvalue weighted by Crippen LogP contribution is 2.32. The van der Waals surface area contributed by atoms with E-state index in [1.807, 2.05) is 0 Å². The minimum atomic E-state index is 0.184. The van der Waals surface area contributed by atoms with Crippen LogP contribution < -0.4 is 0 Å². The highest BCUT2D eigenvalue weighted by Gasteiger charge is 2.28. The van der Waals surface area contributed by atoms with Gasteiger partial charge in [0.25, 0.3) is 0 Å². The summed E-state index contributed by atoms with van der Waals surface area (Å²) in [4.78, 5) is 0. The fraction of sp³-hybridized carbons (Fsp3) is 1.00. The van der Waals surface area contributed by atoms with Crippen molar-refractivity contribution >= 4 is 30.8 Å². The Balaban J connectivity index is 4.74. The first kappa shape index (κ1) is 39.0. The molecule has 0 saturated heterocycles. The van der Waals surface area contributed by atoms with Crippen LogP contribution in [0, 0.1) is 0 Å². The third-order valence-corrected chi connectivity index (χ3v) is 11.4. The van der Waals surface area contributed by atoms with Crippen LogP contribution in [0.4, 0.5) is 0 Å². The second kappa shape index (κ2) is 32.5. The monoisotopic (exact) mass is 563 g/mol. The van der Waals surface area contributed by atoms with Gasteiger partial charge in [0.1, 0.15) is 0 Å². The first-order chi connectivity index (χ1) is 18.7. The lowest BCUT2D eigenvalue weighted by atomic mass is 9.87. The van der Waals surface area contributed by atoms with Gasteiger partial charge in [0.15, 0.2) is 15.2 Å². The molecule has 0 fully saturated rings. The zero-order chi connectivity index (χ0) is 27.8. The van der Waals surface area contributed by atoms with E-state index >= 15 is 0 Å². The van der Waals surface area contributed by atoms with E-state index < -0.39 is 0 Å². The fourth-order valence-electron chi connectivity index (χ4n) is 5.83. The zero-order valence-corrected chi connectivity index (χ0v) is 29.6. The minimum Gasteiger partial charge on any atom is -0.502 e. The van der Waals surface area contributed by atoms with E-state index in [0.717, 1.165) is 0 Å². The molecule has 1 nitrogen and oxygen atoms in total. The largest absolute Gasteiger partial charge is 0.502 e. The standard InChI is InChI=1S/C19H38O.2C8H17.2Al/c1-4-7-9-11-13-15-17-19(20,6-3)18-16-14-12-10-8-5-2;2*1-3-5-7-8-6-4-2;;/h3-18H2,1-2H3;2*1,3-8H2,2H3;;/q-1;;;;+1. The molecule has 38 heavy (non-hydrogen) atoms. The van der Waals surface area contributed by atoms with Gasteiger partial charge in [-0.15, -0.1) is 10.6 Å². The average Bonchev–Trinajstić information content (AvgIpc) is 2.93. The number of hydrogen-bond acceptors (Lipinski definition) is 1. The fourth-order valence-corrected chi connectivity index (χ4v) is 8.71. The van der Waals surface area contributed by atoms with E-state index in [4.69, 9.17) is 3.79 Å². The Morgan fingerprint density at radius 2 is 0.737 bits per heavy atom. The van der Waals surface area contributed by atoms with Crippen molar-refractivity contribution in [1.82, 2.24) is 0 Å². The summed E-state index contributed by atoms with van der Waals surface area (Å²) in [5, 5.41) is 4.38. The summed E-state index contributed by atoms with van der Waals surface area (Å²) >= 11 is 0.813. The smallest absolute Gasteiger partial charge is 0.423 e. The number of hydrogen-bond donors (Lipinski definition) is 0. The van der Waals surface area contributed by atoms with E-state index in [-0.39, 0.29) is 21.2 Å². The molecule has 224 valence electrons. The second-order valence-electron chi connectivity index (χ2n) is 12.4. The van der Waals surface area contributed by atoms with Crippen LogP contribution in [0.2, 0.25) is 15.8 Å². The lowest BCUT2D eigenvalue weighted by molar-refractivity contribution is 0.0439. The molecular weight excluding hydrogens is 490 g/mol. The minimum absolute atomic E-state index is 0.184. The van der Waals surface area contributed by atoms with Crippen LogP contribution in [0.3, 0.4) is 0 Å². The van der Waals surface area contributed by atoms with Crippen LogP contribution in [0.15, 0.2) is 0 Å². The molecular formula is C35H72Al2O. The van der Waals surface area contributed by atoms with E-state index in [1.165, 1.54) is 189 Å². The summed E-state index contributed by atoms with van der Waals surface area (Å²) in [6.07, 6.45) is 38.3. The summed E-state index contributed by atoms with van der Waals surface area (Å²) in [5.41, 5.74) is 0.237. The summed E-state index contributed by atoms with van der Waals surface area (Å²) in [6, 6.07) is 0. The van der Waals surface area contributed by atoms with Crippen molar-refractivity contribution < 1.29 is 3.79 Å². The number of rotatable bonds is 33. The van der Waals surface area contributed by atoms with Gasteiger partial charge in [-0.05, 0) is 19.3 Å². The Hall–Kier alpha value is 1.02. The first-order valence-electron chi connectivity index (χ1n) is 18.1. The molecule has 0 heterocycles. The molecule has 0 aromatic heterocycles. The van der Waals surface area contributed by atoms with Gasteiger partial charge < -0.3 is 3.79 Å². The first-order valence-corrected chi connectivity index (χ1v) is 21.0. The van der Waals surface area contributed by atoms with Gasteiger partial charge in [0.2, 0.25) is 0 Å². The maximum absolute atomic E-state index is 7.08. The molecule has 0 bridgehead atoms. The summed E-state index contributed by atoms with van der Waals surface area (Å²) in [7, 11) is 0. The van der Waals surface area contributed by atoms with Crippen LogP contribution in [0.1, 0.15) is 201 Å². The topological polar surface area (TPSA) is 9.23 Å². The highest BCUT2D eigenvalue weighted by atomic mass is 27.1. The van der Waals surface area contributed by atoms with E-state index in [2.05, 4.69) is 27.7 Å².